The lowest BCUT2D eigenvalue weighted by Gasteiger charge is -2.33. The van der Waals surface area contributed by atoms with Crippen LogP contribution in [0, 0.1) is 11.3 Å². The Bertz CT molecular complexity index is 1130. The van der Waals surface area contributed by atoms with Gasteiger partial charge in [0.15, 0.2) is 0 Å². The first-order chi connectivity index (χ1) is 14.0. The molecule has 8 heteroatoms. The van der Waals surface area contributed by atoms with E-state index in [4.69, 9.17) is 4.98 Å². The minimum absolute atomic E-state index is 0.122. The standard InChI is InChI=1S/C21H20FN5OS/c1-4-7-16(14(11-22)12-23)15(5-2)18-10-19-17(13-24-21(26-19)29(3)28)20(25-18)27-8-6-9-27/h4-5,7,10-11,13H,2,6,8-9H2,1,3H3/b7-4-,14-11+,16-15-. The summed E-state index contributed by atoms with van der Waals surface area (Å²) in [5.74, 6) is 0.707. The zero-order chi connectivity index (χ0) is 21.0. The molecule has 0 amide bonds. The predicted octanol–water partition coefficient (Wildman–Crippen LogP) is 3.86. The Morgan fingerprint density at radius 3 is 2.69 bits per heavy atom. The van der Waals surface area contributed by atoms with Crippen LogP contribution in [-0.4, -0.2) is 38.5 Å². The molecule has 29 heavy (non-hydrogen) atoms. The summed E-state index contributed by atoms with van der Waals surface area (Å²) in [6, 6.07) is 3.59. The van der Waals surface area contributed by atoms with E-state index >= 15 is 0 Å². The van der Waals surface area contributed by atoms with E-state index < -0.39 is 10.8 Å². The van der Waals surface area contributed by atoms with Gasteiger partial charge in [-0.1, -0.05) is 24.8 Å². The smallest absolute Gasteiger partial charge is 0.218 e. The predicted molar refractivity (Wildman–Crippen MR) is 113 cm³/mol. The summed E-state index contributed by atoms with van der Waals surface area (Å²) in [6.07, 6.45) is 9.40. The molecule has 1 saturated heterocycles. The van der Waals surface area contributed by atoms with E-state index in [2.05, 4.69) is 21.4 Å². The highest BCUT2D eigenvalue weighted by atomic mass is 32.2. The summed E-state index contributed by atoms with van der Waals surface area (Å²) in [5.41, 5.74) is 1.85. The van der Waals surface area contributed by atoms with Crippen LogP contribution >= 0.6 is 0 Å². The van der Waals surface area contributed by atoms with Crippen LogP contribution in [0.3, 0.4) is 0 Å². The van der Waals surface area contributed by atoms with Crippen LogP contribution in [0.1, 0.15) is 19.0 Å². The third-order valence-electron chi connectivity index (χ3n) is 4.57. The number of aromatic nitrogens is 3. The Labute approximate surface area is 171 Å². The summed E-state index contributed by atoms with van der Waals surface area (Å²) >= 11 is 0. The SMILES string of the molecule is C=C/C(=C(\C=C/C)C(/C#N)=C/F)c1cc2nc(S(C)=O)ncc2c(N2CCC2)n1. The summed E-state index contributed by atoms with van der Waals surface area (Å²) in [6.45, 7) is 7.33. The molecule has 0 saturated carbocycles. The quantitative estimate of drug-likeness (QED) is 0.409. The molecule has 1 aliphatic rings. The molecule has 148 valence electrons. The number of nitriles is 1. The van der Waals surface area contributed by atoms with Crippen LogP contribution in [0.2, 0.25) is 0 Å². The number of halogens is 1. The fourth-order valence-electron chi connectivity index (χ4n) is 3.03. The second kappa shape index (κ2) is 8.88. The van der Waals surface area contributed by atoms with E-state index in [1.807, 2.05) is 6.07 Å². The van der Waals surface area contributed by atoms with Crippen LogP contribution in [0.25, 0.3) is 16.5 Å². The third kappa shape index (κ3) is 4.00. The molecule has 1 unspecified atom stereocenters. The second-order valence-corrected chi connectivity index (χ2v) is 7.65. The Morgan fingerprint density at radius 1 is 1.41 bits per heavy atom. The molecule has 0 bridgehead atoms. The fraction of sp³-hybridized carbons (Fsp3) is 0.238. The number of nitrogens with zero attached hydrogens (tertiary/aromatic N) is 5. The number of pyridine rings is 1. The van der Waals surface area contributed by atoms with Crippen molar-refractivity contribution in [1.29, 1.82) is 5.26 Å². The van der Waals surface area contributed by atoms with Gasteiger partial charge in [-0.25, -0.2) is 19.3 Å². The molecule has 2 aromatic rings. The van der Waals surface area contributed by atoms with Gasteiger partial charge in [0.25, 0.3) is 0 Å². The molecular weight excluding hydrogens is 389 g/mol. The number of rotatable bonds is 6. The van der Waals surface area contributed by atoms with Gasteiger partial charge >= 0.3 is 0 Å². The first-order valence-electron chi connectivity index (χ1n) is 9.00. The highest BCUT2D eigenvalue weighted by molar-refractivity contribution is 7.84. The van der Waals surface area contributed by atoms with Crippen molar-refractivity contribution in [2.24, 2.45) is 0 Å². The number of allylic oxidation sites excluding steroid dienone is 6. The van der Waals surface area contributed by atoms with Gasteiger partial charge in [0.1, 0.15) is 18.2 Å². The van der Waals surface area contributed by atoms with Crippen molar-refractivity contribution in [3.63, 3.8) is 0 Å². The zero-order valence-electron chi connectivity index (χ0n) is 16.2. The number of hydrogen-bond donors (Lipinski definition) is 0. The van der Waals surface area contributed by atoms with Crippen molar-refractivity contribution in [3.8, 4) is 6.07 Å². The van der Waals surface area contributed by atoms with Gasteiger partial charge in [0.05, 0.1) is 33.0 Å². The number of fused-ring (bicyclic) bond motifs is 1. The highest BCUT2D eigenvalue weighted by Crippen LogP contribution is 2.32. The van der Waals surface area contributed by atoms with Gasteiger partial charge < -0.3 is 4.90 Å². The largest absolute Gasteiger partial charge is 0.356 e. The minimum Gasteiger partial charge on any atom is -0.356 e. The molecule has 0 radical (unpaired) electrons. The monoisotopic (exact) mass is 409 g/mol. The first-order valence-corrected chi connectivity index (χ1v) is 10.6. The molecule has 1 aliphatic heterocycles. The lowest BCUT2D eigenvalue weighted by atomic mass is 9.97. The van der Waals surface area contributed by atoms with Gasteiger partial charge in [-0.3, -0.25) is 4.21 Å². The first kappa shape index (κ1) is 20.6. The fourth-order valence-corrected chi connectivity index (χ4v) is 3.46. The zero-order valence-corrected chi connectivity index (χ0v) is 17.0. The summed E-state index contributed by atoms with van der Waals surface area (Å²) in [4.78, 5) is 15.5. The summed E-state index contributed by atoms with van der Waals surface area (Å²) in [7, 11) is -1.33. The molecule has 0 N–H and O–H groups in total. The van der Waals surface area contributed by atoms with Crippen LogP contribution in [-0.2, 0) is 10.8 Å². The van der Waals surface area contributed by atoms with Gasteiger partial charge in [-0.05, 0) is 19.4 Å². The van der Waals surface area contributed by atoms with Crippen LogP contribution in [0.5, 0.6) is 0 Å². The Balaban J connectivity index is 2.34. The molecule has 0 spiro atoms. The molecule has 3 heterocycles. The molecule has 0 aliphatic carbocycles. The topological polar surface area (TPSA) is 82.8 Å². The Hall–Kier alpha value is -3.18. The average molecular weight is 409 g/mol. The van der Waals surface area contributed by atoms with Gasteiger partial charge in [0, 0.05) is 36.7 Å². The van der Waals surface area contributed by atoms with E-state index in [0.717, 1.165) is 24.9 Å². The van der Waals surface area contributed by atoms with Crippen molar-refractivity contribution >= 4 is 33.1 Å². The Morgan fingerprint density at radius 2 is 2.17 bits per heavy atom. The van der Waals surface area contributed by atoms with E-state index in [0.29, 0.717) is 28.2 Å². The lowest BCUT2D eigenvalue weighted by molar-refractivity contribution is 0.611. The van der Waals surface area contributed by atoms with E-state index in [1.165, 1.54) is 6.26 Å². The molecule has 1 atom stereocenters. The summed E-state index contributed by atoms with van der Waals surface area (Å²) in [5, 5.41) is 10.3. The summed E-state index contributed by atoms with van der Waals surface area (Å²) < 4.78 is 25.2. The van der Waals surface area contributed by atoms with E-state index in [-0.39, 0.29) is 17.1 Å². The normalized spacial score (nSPS) is 16.3. The Kier molecular flexibility index (Phi) is 6.29. The molecular formula is C21H20FN5OS. The molecule has 2 aromatic heterocycles. The molecule has 6 nitrogen and oxygen atoms in total. The second-order valence-electron chi connectivity index (χ2n) is 6.38. The van der Waals surface area contributed by atoms with E-state index in [1.54, 1.807) is 37.4 Å². The number of anilines is 1. The maximum atomic E-state index is 13.3. The van der Waals surface area contributed by atoms with Crippen molar-refractivity contribution < 1.29 is 8.60 Å². The minimum atomic E-state index is -1.33. The maximum Gasteiger partial charge on any atom is 0.218 e. The van der Waals surface area contributed by atoms with Crippen LogP contribution in [0.4, 0.5) is 10.2 Å². The van der Waals surface area contributed by atoms with Crippen molar-refractivity contribution in [2.45, 2.75) is 18.5 Å². The van der Waals surface area contributed by atoms with Crippen LogP contribution < -0.4 is 4.90 Å². The van der Waals surface area contributed by atoms with Gasteiger partial charge in [0.2, 0.25) is 5.16 Å². The third-order valence-corrected chi connectivity index (χ3v) is 5.28. The number of hydrogen-bond acceptors (Lipinski definition) is 6. The maximum absolute atomic E-state index is 13.3. The van der Waals surface area contributed by atoms with Gasteiger partial charge in [-0.15, -0.1) is 0 Å². The van der Waals surface area contributed by atoms with Crippen molar-refractivity contribution in [2.75, 3.05) is 24.2 Å². The lowest BCUT2D eigenvalue weighted by Crippen LogP contribution is -2.38. The van der Waals surface area contributed by atoms with Crippen molar-refractivity contribution in [1.82, 2.24) is 15.0 Å². The van der Waals surface area contributed by atoms with Crippen molar-refractivity contribution in [3.05, 3.63) is 60.2 Å². The highest BCUT2D eigenvalue weighted by Gasteiger charge is 2.22. The van der Waals surface area contributed by atoms with E-state index in [9.17, 15) is 13.9 Å². The van der Waals surface area contributed by atoms with Gasteiger partial charge in [-0.2, -0.15) is 5.26 Å². The molecule has 0 aromatic carbocycles. The average Bonchev–Trinajstić information content (AvgIpc) is 2.67. The molecule has 3 rings (SSSR count). The molecule has 1 fully saturated rings. The van der Waals surface area contributed by atoms with Crippen LogP contribution in [0.15, 0.2) is 59.7 Å².